The quantitative estimate of drug-likeness (QED) is 0.410. The Kier molecular flexibility index (Phi) is 6.40. The van der Waals surface area contributed by atoms with E-state index in [4.69, 9.17) is 9.47 Å². The van der Waals surface area contributed by atoms with Crippen LogP contribution in [0.5, 0.6) is 11.5 Å². The molecule has 3 rings (SSSR count). The Balaban J connectivity index is 1.57. The lowest BCUT2D eigenvalue weighted by Gasteiger charge is -2.12. The van der Waals surface area contributed by atoms with Crippen LogP contribution in [-0.4, -0.2) is 34.2 Å². The van der Waals surface area contributed by atoms with Gasteiger partial charge in [0.05, 0.1) is 19.4 Å². The minimum absolute atomic E-state index is 0.526. The lowest BCUT2D eigenvalue weighted by atomic mass is 9.98. The van der Waals surface area contributed by atoms with Crippen molar-refractivity contribution in [3.05, 3.63) is 59.9 Å². The third-order valence-corrected chi connectivity index (χ3v) is 5.20. The molecule has 142 valence electrons. The highest BCUT2D eigenvalue weighted by atomic mass is 32.2. The zero-order valence-electron chi connectivity index (χ0n) is 16.2. The maximum atomic E-state index is 5.90. The Morgan fingerprint density at radius 3 is 2.70 bits per heavy atom. The van der Waals surface area contributed by atoms with Crippen LogP contribution < -0.4 is 9.47 Å². The number of hydrogen-bond acceptors (Lipinski definition) is 5. The van der Waals surface area contributed by atoms with Crippen molar-refractivity contribution in [2.24, 2.45) is 0 Å². The van der Waals surface area contributed by atoms with Crippen molar-refractivity contribution < 1.29 is 9.47 Å². The summed E-state index contributed by atoms with van der Waals surface area (Å²) < 4.78 is 13.1. The van der Waals surface area contributed by atoms with Gasteiger partial charge in [-0.3, -0.25) is 4.57 Å². The molecule has 1 aromatic heterocycles. The number of ether oxygens (including phenoxy) is 2. The van der Waals surface area contributed by atoms with Gasteiger partial charge in [0.1, 0.15) is 17.8 Å². The van der Waals surface area contributed by atoms with E-state index >= 15 is 0 Å². The summed E-state index contributed by atoms with van der Waals surface area (Å²) in [5, 5.41) is 9.09. The van der Waals surface area contributed by atoms with Crippen molar-refractivity contribution in [2.75, 3.05) is 19.5 Å². The van der Waals surface area contributed by atoms with Crippen LogP contribution in [0.15, 0.2) is 53.9 Å². The van der Waals surface area contributed by atoms with Crippen LogP contribution in [0.1, 0.15) is 30.9 Å². The first-order valence-corrected chi connectivity index (χ1v) is 9.97. The number of hydrogen-bond donors (Lipinski definition) is 0. The first kappa shape index (κ1) is 19.3. The second-order valence-electron chi connectivity index (χ2n) is 6.56. The Morgan fingerprint density at radius 2 is 1.96 bits per heavy atom. The second-order valence-corrected chi connectivity index (χ2v) is 7.62. The van der Waals surface area contributed by atoms with Crippen molar-refractivity contribution in [3.8, 4) is 17.2 Å². The highest BCUT2D eigenvalue weighted by molar-refractivity contribution is 7.99. The number of benzene rings is 2. The average Bonchev–Trinajstić information content (AvgIpc) is 3.13. The molecule has 3 aromatic rings. The number of methoxy groups -OCH3 is 1. The van der Waals surface area contributed by atoms with Gasteiger partial charge >= 0.3 is 0 Å². The molecule has 6 heteroatoms. The van der Waals surface area contributed by atoms with Gasteiger partial charge < -0.3 is 9.47 Å². The smallest absolute Gasteiger partial charge is 0.195 e. The molecule has 27 heavy (non-hydrogen) atoms. The van der Waals surface area contributed by atoms with Crippen LogP contribution >= 0.6 is 11.8 Å². The fourth-order valence-corrected chi connectivity index (χ4v) is 3.68. The zero-order chi connectivity index (χ0) is 19.2. The SMILES string of the molecule is COc1cccc(-n2cnnc2SCCOc2ccc(C(C)C)c(C)c2)c1. The summed E-state index contributed by atoms with van der Waals surface area (Å²) in [4.78, 5) is 0. The van der Waals surface area contributed by atoms with Crippen LogP contribution in [-0.2, 0) is 0 Å². The Hall–Kier alpha value is -2.47. The van der Waals surface area contributed by atoms with E-state index < -0.39 is 0 Å². The molecule has 1 heterocycles. The van der Waals surface area contributed by atoms with Crippen LogP contribution in [0.4, 0.5) is 0 Å². The molecule has 0 aliphatic carbocycles. The van der Waals surface area contributed by atoms with E-state index in [1.807, 2.05) is 34.9 Å². The topological polar surface area (TPSA) is 49.2 Å². The van der Waals surface area contributed by atoms with Crippen LogP contribution in [0.25, 0.3) is 5.69 Å². The molecule has 0 unspecified atom stereocenters. The summed E-state index contributed by atoms with van der Waals surface area (Å²) in [5.41, 5.74) is 3.61. The third-order valence-electron chi connectivity index (χ3n) is 4.29. The van der Waals surface area contributed by atoms with E-state index in [-0.39, 0.29) is 0 Å². The molecule has 0 aliphatic rings. The highest BCUT2D eigenvalue weighted by Crippen LogP contribution is 2.25. The molecule has 0 saturated carbocycles. The van der Waals surface area contributed by atoms with Gasteiger partial charge in [-0.05, 0) is 48.2 Å². The molecule has 0 aliphatic heterocycles. The minimum Gasteiger partial charge on any atom is -0.497 e. The molecular weight excluding hydrogens is 358 g/mol. The summed E-state index contributed by atoms with van der Waals surface area (Å²) in [6.07, 6.45) is 1.71. The molecule has 2 aromatic carbocycles. The predicted molar refractivity (Wildman–Crippen MR) is 109 cm³/mol. The molecule has 0 N–H and O–H groups in total. The lowest BCUT2D eigenvalue weighted by Crippen LogP contribution is -2.03. The highest BCUT2D eigenvalue weighted by Gasteiger charge is 2.09. The zero-order valence-corrected chi connectivity index (χ0v) is 17.0. The van der Waals surface area contributed by atoms with Crippen LogP contribution in [0.2, 0.25) is 0 Å². The summed E-state index contributed by atoms with van der Waals surface area (Å²) in [6.45, 7) is 7.15. The van der Waals surface area contributed by atoms with E-state index in [9.17, 15) is 0 Å². The van der Waals surface area contributed by atoms with E-state index in [0.29, 0.717) is 12.5 Å². The van der Waals surface area contributed by atoms with Gasteiger partial charge in [-0.1, -0.05) is 37.7 Å². The minimum atomic E-state index is 0.526. The van der Waals surface area contributed by atoms with Crippen LogP contribution in [0, 0.1) is 6.92 Å². The molecule has 5 nitrogen and oxygen atoms in total. The maximum Gasteiger partial charge on any atom is 0.195 e. The first-order chi connectivity index (χ1) is 13.1. The van der Waals surface area contributed by atoms with Gasteiger partial charge in [-0.2, -0.15) is 0 Å². The fraction of sp³-hybridized carbons (Fsp3) is 0.333. The van der Waals surface area contributed by atoms with Crippen molar-refractivity contribution in [3.63, 3.8) is 0 Å². The van der Waals surface area contributed by atoms with Crippen LogP contribution in [0.3, 0.4) is 0 Å². The number of rotatable bonds is 8. The van der Waals surface area contributed by atoms with Gasteiger partial charge in [0.2, 0.25) is 0 Å². The number of aromatic nitrogens is 3. The molecular formula is C21H25N3O2S. The summed E-state index contributed by atoms with van der Waals surface area (Å²) in [6, 6.07) is 14.1. The number of aryl methyl sites for hydroxylation is 1. The Bertz CT molecular complexity index is 893. The normalized spacial score (nSPS) is 11.0. The fourth-order valence-electron chi connectivity index (χ4n) is 2.94. The lowest BCUT2D eigenvalue weighted by molar-refractivity contribution is 0.343. The van der Waals surface area contributed by atoms with E-state index in [2.05, 4.69) is 43.1 Å². The van der Waals surface area contributed by atoms with Crippen molar-refractivity contribution in [1.29, 1.82) is 0 Å². The van der Waals surface area contributed by atoms with Crippen molar-refractivity contribution >= 4 is 11.8 Å². The largest absolute Gasteiger partial charge is 0.497 e. The molecule has 0 saturated heterocycles. The van der Waals surface area contributed by atoms with E-state index in [1.165, 1.54) is 11.1 Å². The summed E-state index contributed by atoms with van der Waals surface area (Å²) >= 11 is 1.62. The average molecular weight is 384 g/mol. The molecule has 0 amide bonds. The predicted octanol–water partition coefficient (Wildman–Crippen LogP) is 4.88. The van der Waals surface area contributed by atoms with Gasteiger partial charge in [-0.25, -0.2) is 0 Å². The summed E-state index contributed by atoms with van der Waals surface area (Å²) in [7, 11) is 1.66. The monoisotopic (exact) mass is 383 g/mol. The van der Waals surface area contributed by atoms with Crippen molar-refractivity contribution in [1.82, 2.24) is 14.8 Å². The molecule has 0 radical (unpaired) electrons. The molecule has 0 fully saturated rings. The Morgan fingerprint density at radius 1 is 1.11 bits per heavy atom. The third kappa shape index (κ3) is 4.83. The number of nitrogens with zero attached hydrogens (tertiary/aromatic N) is 3. The second kappa shape index (κ2) is 8.95. The summed E-state index contributed by atoms with van der Waals surface area (Å²) in [5.74, 6) is 3.03. The first-order valence-electron chi connectivity index (χ1n) is 8.99. The van der Waals surface area contributed by atoms with Crippen molar-refractivity contribution in [2.45, 2.75) is 31.8 Å². The van der Waals surface area contributed by atoms with Gasteiger partial charge in [-0.15, -0.1) is 10.2 Å². The van der Waals surface area contributed by atoms with Gasteiger partial charge in [0, 0.05) is 11.8 Å². The molecule has 0 bridgehead atoms. The Labute approximate surface area is 164 Å². The van der Waals surface area contributed by atoms with Gasteiger partial charge in [0.15, 0.2) is 5.16 Å². The van der Waals surface area contributed by atoms with E-state index in [1.54, 1.807) is 25.2 Å². The molecule has 0 atom stereocenters. The standard InChI is InChI=1S/C21H25N3O2S/c1-15(2)20-9-8-19(12-16(20)3)26-10-11-27-21-23-22-14-24(21)17-6-5-7-18(13-17)25-4/h5-9,12-15H,10-11H2,1-4H3. The number of thioether (sulfide) groups is 1. The molecule has 0 spiro atoms. The van der Waals surface area contributed by atoms with Gasteiger partial charge in [0.25, 0.3) is 0 Å². The van der Waals surface area contributed by atoms with E-state index in [0.717, 1.165) is 28.1 Å². The maximum absolute atomic E-state index is 5.90.